The highest BCUT2D eigenvalue weighted by Gasteiger charge is 2.11. The van der Waals surface area contributed by atoms with Crippen LogP contribution in [-0.2, 0) is 11.2 Å². The summed E-state index contributed by atoms with van der Waals surface area (Å²) in [5, 5.41) is 12.1. The molecule has 0 fully saturated rings. The number of carbonyl (C=O) groups is 1. The summed E-state index contributed by atoms with van der Waals surface area (Å²) < 4.78 is 0. The molecule has 6 nitrogen and oxygen atoms in total. The fraction of sp³-hybridized carbons (Fsp3) is 0.615. The molecule has 0 aliphatic rings. The molecule has 6 heteroatoms. The van der Waals surface area contributed by atoms with Crippen LogP contribution in [0, 0.1) is 13.8 Å². The minimum atomic E-state index is -0.398. The number of hydrogen-bond acceptors (Lipinski definition) is 4. The van der Waals surface area contributed by atoms with Gasteiger partial charge in [-0.05, 0) is 26.7 Å². The molecule has 0 saturated carbocycles. The highest BCUT2D eigenvalue weighted by molar-refractivity contribution is 5.78. The van der Waals surface area contributed by atoms with Crippen molar-refractivity contribution in [2.24, 2.45) is 0 Å². The molecule has 0 bridgehead atoms. The third-order valence-corrected chi connectivity index (χ3v) is 3.06. The highest BCUT2D eigenvalue weighted by atomic mass is 16.3. The number of rotatable bonds is 6. The van der Waals surface area contributed by atoms with Crippen molar-refractivity contribution < 1.29 is 9.90 Å². The van der Waals surface area contributed by atoms with Crippen molar-refractivity contribution >= 4 is 5.91 Å². The Morgan fingerprint density at radius 3 is 2.74 bits per heavy atom. The predicted molar refractivity (Wildman–Crippen MR) is 72.0 cm³/mol. The molecule has 1 unspecified atom stereocenters. The first-order valence-electron chi connectivity index (χ1n) is 6.45. The smallest absolute Gasteiger partial charge is 0.345 e. The standard InChI is InChI=1S/C13H21N3O3/c1-4-10(17)5-6-14-12(18)7-11-8(2)15-13(19)16-9(11)3/h10,17H,4-7H2,1-3H3,(H,14,18)(H,15,16,19). The molecular weight excluding hydrogens is 246 g/mol. The van der Waals surface area contributed by atoms with Gasteiger partial charge in [0.1, 0.15) is 0 Å². The molecule has 3 N–H and O–H groups in total. The Morgan fingerprint density at radius 2 is 2.16 bits per heavy atom. The van der Waals surface area contributed by atoms with Gasteiger partial charge in [0.25, 0.3) is 0 Å². The summed E-state index contributed by atoms with van der Waals surface area (Å²) >= 11 is 0. The van der Waals surface area contributed by atoms with Crippen molar-refractivity contribution in [2.75, 3.05) is 6.54 Å². The van der Waals surface area contributed by atoms with E-state index < -0.39 is 5.69 Å². The number of aromatic nitrogens is 2. The Balaban J connectivity index is 2.56. The molecule has 0 aromatic carbocycles. The minimum Gasteiger partial charge on any atom is -0.393 e. The van der Waals surface area contributed by atoms with Crippen LogP contribution in [0.15, 0.2) is 4.79 Å². The van der Waals surface area contributed by atoms with Gasteiger partial charge in [-0.25, -0.2) is 4.79 Å². The molecule has 1 heterocycles. The van der Waals surface area contributed by atoms with Crippen molar-refractivity contribution in [3.63, 3.8) is 0 Å². The molecule has 1 amide bonds. The van der Waals surface area contributed by atoms with Gasteiger partial charge in [-0.15, -0.1) is 0 Å². The van der Waals surface area contributed by atoms with Crippen LogP contribution in [0.3, 0.4) is 0 Å². The summed E-state index contributed by atoms with van der Waals surface area (Å²) in [7, 11) is 0. The van der Waals surface area contributed by atoms with Crippen LogP contribution < -0.4 is 11.0 Å². The van der Waals surface area contributed by atoms with Crippen LogP contribution in [-0.4, -0.2) is 33.6 Å². The SMILES string of the molecule is CCC(O)CCNC(=O)Cc1c(C)nc(=O)[nH]c1C. The van der Waals surface area contributed by atoms with E-state index in [1.54, 1.807) is 13.8 Å². The predicted octanol–water partition coefficient (Wildman–Crippen LogP) is 0.206. The molecular formula is C13H21N3O3. The Bertz CT molecular complexity index is 470. The van der Waals surface area contributed by atoms with Gasteiger partial charge in [-0.3, -0.25) is 4.79 Å². The lowest BCUT2D eigenvalue weighted by molar-refractivity contribution is -0.120. The van der Waals surface area contributed by atoms with E-state index in [0.29, 0.717) is 30.8 Å². The molecule has 0 aliphatic heterocycles. The molecule has 0 aliphatic carbocycles. The number of amides is 1. The van der Waals surface area contributed by atoms with Gasteiger partial charge < -0.3 is 15.4 Å². The number of aryl methyl sites for hydroxylation is 2. The second-order valence-electron chi connectivity index (χ2n) is 4.61. The summed E-state index contributed by atoms with van der Waals surface area (Å²) in [5.74, 6) is -0.136. The highest BCUT2D eigenvalue weighted by Crippen LogP contribution is 2.07. The first-order valence-corrected chi connectivity index (χ1v) is 6.45. The van der Waals surface area contributed by atoms with Crippen LogP contribution in [0.5, 0.6) is 0 Å². The Kier molecular flexibility index (Phi) is 5.69. The maximum absolute atomic E-state index is 11.8. The summed E-state index contributed by atoms with van der Waals surface area (Å²) in [4.78, 5) is 29.3. The average Bonchev–Trinajstić information content (AvgIpc) is 2.33. The summed E-state index contributed by atoms with van der Waals surface area (Å²) in [6.07, 6.45) is 1.03. The second-order valence-corrected chi connectivity index (χ2v) is 4.61. The molecule has 1 aromatic heterocycles. The molecule has 0 radical (unpaired) electrons. The summed E-state index contributed by atoms with van der Waals surface area (Å²) in [6, 6.07) is 0. The van der Waals surface area contributed by atoms with Crippen molar-refractivity contribution in [3.05, 3.63) is 27.4 Å². The lowest BCUT2D eigenvalue weighted by Crippen LogP contribution is -2.29. The zero-order valence-electron chi connectivity index (χ0n) is 11.6. The molecule has 1 rings (SSSR count). The number of H-pyrrole nitrogens is 1. The fourth-order valence-electron chi connectivity index (χ4n) is 1.82. The van der Waals surface area contributed by atoms with Crippen LogP contribution in [0.25, 0.3) is 0 Å². The number of hydrogen-bond donors (Lipinski definition) is 3. The zero-order valence-corrected chi connectivity index (χ0v) is 11.6. The lowest BCUT2D eigenvalue weighted by atomic mass is 10.1. The van der Waals surface area contributed by atoms with E-state index in [-0.39, 0.29) is 18.4 Å². The number of carbonyl (C=O) groups excluding carboxylic acids is 1. The van der Waals surface area contributed by atoms with E-state index in [2.05, 4.69) is 15.3 Å². The number of nitrogens with zero attached hydrogens (tertiary/aromatic N) is 1. The van der Waals surface area contributed by atoms with Gasteiger partial charge >= 0.3 is 5.69 Å². The Labute approximate surface area is 112 Å². The van der Waals surface area contributed by atoms with Crippen molar-refractivity contribution in [1.29, 1.82) is 0 Å². The second kappa shape index (κ2) is 7.04. The average molecular weight is 267 g/mol. The van der Waals surface area contributed by atoms with E-state index in [4.69, 9.17) is 0 Å². The quantitative estimate of drug-likeness (QED) is 0.686. The van der Waals surface area contributed by atoms with Gasteiger partial charge in [-0.2, -0.15) is 4.98 Å². The lowest BCUT2D eigenvalue weighted by Gasteiger charge is -2.10. The van der Waals surface area contributed by atoms with E-state index in [1.807, 2.05) is 6.92 Å². The number of aromatic amines is 1. The van der Waals surface area contributed by atoms with Gasteiger partial charge in [0, 0.05) is 23.5 Å². The number of aliphatic hydroxyl groups is 1. The first kappa shape index (κ1) is 15.4. The molecule has 19 heavy (non-hydrogen) atoms. The van der Waals surface area contributed by atoms with E-state index in [9.17, 15) is 14.7 Å². The van der Waals surface area contributed by atoms with E-state index in [1.165, 1.54) is 0 Å². The first-order chi connectivity index (χ1) is 8.93. The van der Waals surface area contributed by atoms with Crippen LogP contribution in [0.4, 0.5) is 0 Å². The maximum Gasteiger partial charge on any atom is 0.345 e. The molecule has 1 atom stereocenters. The maximum atomic E-state index is 11.8. The topological polar surface area (TPSA) is 95.1 Å². The van der Waals surface area contributed by atoms with Crippen LogP contribution in [0.2, 0.25) is 0 Å². The van der Waals surface area contributed by atoms with Gasteiger partial charge in [-0.1, -0.05) is 6.92 Å². The largest absolute Gasteiger partial charge is 0.393 e. The van der Waals surface area contributed by atoms with E-state index >= 15 is 0 Å². The molecule has 0 saturated heterocycles. The summed E-state index contributed by atoms with van der Waals surface area (Å²) in [5.41, 5.74) is 1.59. The summed E-state index contributed by atoms with van der Waals surface area (Å²) in [6.45, 7) is 5.80. The van der Waals surface area contributed by atoms with Crippen molar-refractivity contribution in [1.82, 2.24) is 15.3 Å². The van der Waals surface area contributed by atoms with Crippen molar-refractivity contribution in [3.8, 4) is 0 Å². The molecule has 106 valence electrons. The minimum absolute atomic E-state index is 0.136. The number of aliphatic hydroxyl groups excluding tert-OH is 1. The Morgan fingerprint density at radius 1 is 1.47 bits per heavy atom. The normalized spacial score (nSPS) is 12.2. The number of nitrogens with one attached hydrogen (secondary N) is 2. The molecule has 1 aromatic rings. The van der Waals surface area contributed by atoms with E-state index in [0.717, 1.165) is 5.56 Å². The third kappa shape index (κ3) is 4.82. The molecule has 0 spiro atoms. The van der Waals surface area contributed by atoms with Gasteiger partial charge in [0.2, 0.25) is 5.91 Å². The monoisotopic (exact) mass is 267 g/mol. The van der Waals surface area contributed by atoms with Gasteiger partial charge in [0.05, 0.1) is 12.5 Å². The van der Waals surface area contributed by atoms with Crippen molar-refractivity contribution in [2.45, 2.75) is 46.1 Å². The van der Waals surface area contributed by atoms with Crippen LogP contribution in [0.1, 0.15) is 36.7 Å². The Hall–Kier alpha value is -1.69. The van der Waals surface area contributed by atoms with Crippen LogP contribution >= 0.6 is 0 Å². The van der Waals surface area contributed by atoms with Gasteiger partial charge in [0.15, 0.2) is 0 Å². The fourth-order valence-corrected chi connectivity index (χ4v) is 1.82. The zero-order chi connectivity index (χ0) is 14.4. The third-order valence-electron chi connectivity index (χ3n) is 3.06.